The van der Waals surface area contributed by atoms with E-state index in [0.29, 0.717) is 4.64 Å². The van der Waals surface area contributed by atoms with E-state index in [4.69, 9.17) is 22.7 Å². The summed E-state index contributed by atoms with van der Waals surface area (Å²) in [4.78, 5) is 7.83. The molecule has 1 unspecified atom stereocenters. The van der Waals surface area contributed by atoms with Gasteiger partial charge >= 0.3 is 0 Å². The lowest BCUT2D eigenvalue weighted by Crippen LogP contribution is -2.20. The molecule has 0 saturated carbocycles. The van der Waals surface area contributed by atoms with E-state index >= 15 is 0 Å². The highest BCUT2D eigenvalue weighted by Gasteiger charge is 2.15. The number of aromatic nitrogens is 1. The van der Waals surface area contributed by atoms with Crippen LogP contribution in [0.25, 0.3) is 0 Å². The summed E-state index contributed by atoms with van der Waals surface area (Å²) in [5.41, 5.74) is 8.23. The van der Waals surface area contributed by atoms with E-state index in [1.165, 1.54) is 0 Å². The molecule has 0 aliphatic carbocycles. The molecule has 0 aromatic carbocycles. The molecule has 116 valence electrons. The fourth-order valence-corrected chi connectivity index (χ4v) is 2.21. The summed E-state index contributed by atoms with van der Waals surface area (Å²) in [6.07, 6.45) is 4.69. The molecule has 0 radical (unpaired) electrons. The second-order valence-corrected chi connectivity index (χ2v) is 5.02. The summed E-state index contributed by atoms with van der Waals surface area (Å²) in [5, 5.41) is 0. The second-order valence-electron chi connectivity index (χ2n) is 4.58. The summed E-state index contributed by atoms with van der Waals surface area (Å²) in [6.45, 7) is 6.71. The van der Waals surface area contributed by atoms with Crippen LogP contribution >= 0.6 is 12.2 Å². The Balaban J connectivity index is 0.00000106. The molecule has 0 amide bonds. The Hall–Kier alpha value is -1.46. The SMILES string of the molecule is CC.CC(=C/N)/C(=N/C1CCCCO1)c1cccc(=S)[nH]1. The molecule has 2 rings (SSSR count). The zero-order valence-corrected chi connectivity index (χ0v) is 13.9. The van der Waals surface area contributed by atoms with Gasteiger partial charge in [0.25, 0.3) is 0 Å². The lowest BCUT2D eigenvalue weighted by Gasteiger charge is -2.20. The first-order valence-electron chi connectivity index (χ1n) is 7.48. The van der Waals surface area contributed by atoms with Crippen molar-refractivity contribution in [2.24, 2.45) is 10.7 Å². The molecule has 2 heterocycles. The summed E-state index contributed by atoms with van der Waals surface area (Å²) in [6, 6.07) is 5.70. The molecule has 1 aliphatic rings. The summed E-state index contributed by atoms with van der Waals surface area (Å²) in [5.74, 6) is 0. The van der Waals surface area contributed by atoms with E-state index < -0.39 is 0 Å². The minimum atomic E-state index is -0.0826. The molecule has 1 aromatic heterocycles. The van der Waals surface area contributed by atoms with Crippen molar-refractivity contribution in [3.05, 3.63) is 40.3 Å². The first kappa shape index (κ1) is 17.6. The van der Waals surface area contributed by atoms with Gasteiger partial charge < -0.3 is 15.5 Å². The van der Waals surface area contributed by atoms with Crippen LogP contribution in [0.1, 0.15) is 45.7 Å². The number of rotatable bonds is 3. The van der Waals surface area contributed by atoms with Crippen LogP contribution in [0, 0.1) is 4.64 Å². The second kappa shape index (κ2) is 9.47. The van der Waals surface area contributed by atoms with Gasteiger partial charge in [0.1, 0.15) is 10.9 Å². The van der Waals surface area contributed by atoms with Gasteiger partial charge in [0, 0.05) is 6.61 Å². The van der Waals surface area contributed by atoms with Crippen molar-refractivity contribution in [2.45, 2.75) is 46.3 Å². The van der Waals surface area contributed by atoms with Gasteiger partial charge in [0.15, 0.2) is 0 Å². The topological polar surface area (TPSA) is 63.4 Å². The van der Waals surface area contributed by atoms with Crippen molar-refractivity contribution in [1.29, 1.82) is 0 Å². The number of H-pyrrole nitrogens is 1. The smallest absolute Gasteiger partial charge is 0.149 e. The first-order valence-corrected chi connectivity index (χ1v) is 7.89. The van der Waals surface area contributed by atoms with Crippen LogP contribution in [0.2, 0.25) is 0 Å². The van der Waals surface area contributed by atoms with Gasteiger partial charge in [0.05, 0.1) is 11.4 Å². The molecule has 1 aromatic rings. The minimum absolute atomic E-state index is 0.0826. The van der Waals surface area contributed by atoms with E-state index in [-0.39, 0.29) is 6.23 Å². The molecule has 0 spiro atoms. The molecule has 1 saturated heterocycles. The zero-order chi connectivity index (χ0) is 15.7. The van der Waals surface area contributed by atoms with Crippen LogP contribution in [0.3, 0.4) is 0 Å². The van der Waals surface area contributed by atoms with Crippen LogP contribution in [0.15, 0.2) is 35.0 Å². The van der Waals surface area contributed by atoms with Gasteiger partial charge in [-0.05, 0) is 50.1 Å². The van der Waals surface area contributed by atoms with Gasteiger partial charge in [-0.15, -0.1) is 0 Å². The number of aromatic amines is 1. The highest BCUT2D eigenvalue weighted by atomic mass is 32.1. The molecular weight excluding hydrogens is 282 g/mol. The molecule has 3 N–H and O–H groups in total. The monoisotopic (exact) mass is 307 g/mol. The van der Waals surface area contributed by atoms with E-state index in [2.05, 4.69) is 9.98 Å². The molecule has 21 heavy (non-hydrogen) atoms. The molecule has 5 heteroatoms. The van der Waals surface area contributed by atoms with Gasteiger partial charge in [0.2, 0.25) is 0 Å². The van der Waals surface area contributed by atoms with Crippen molar-refractivity contribution in [3.63, 3.8) is 0 Å². The van der Waals surface area contributed by atoms with Gasteiger partial charge in [-0.2, -0.15) is 0 Å². The Morgan fingerprint density at radius 2 is 2.19 bits per heavy atom. The van der Waals surface area contributed by atoms with Crippen LogP contribution in [0.4, 0.5) is 0 Å². The normalized spacial score (nSPS) is 19.7. The lowest BCUT2D eigenvalue weighted by molar-refractivity contribution is 0.0224. The maximum atomic E-state index is 5.66. The maximum Gasteiger partial charge on any atom is 0.149 e. The number of hydrogen-bond donors (Lipinski definition) is 2. The lowest BCUT2D eigenvalue weighted by atomic mass is 10.1. The van der Waals surface area contributed by atoms with Crippen molar-refractivity contribution in [3.8, 4) is 0 Å². The predicted octanol–water partition coefficient (Wildman–Crippen LogP) is 3.95. The average molecular weight is 307 g/mol. The van der Waals surface area contributed by atoms with E-state index in [0.717, 1.165) is 42.8 Å². The molecule has 4 nitrogen and oxygen atoms in total. The van der Waals surface area contributed by atoms with Crippen molar-refractivity contribution < 1.29 is 4.74 Å². The Kier molecular flexibility index (Phi) is 7.93. The quantitative estimate of drug-likeness (QED) is 0.656. The Morgan fingerprint density at radius 3 is 2.76 bits per heavy atom. The predicted molar refractivity (Wildman–Crippen MR) is 91.0 cm³/mol. The maximum absolute atomic E-state index is 5.66. The number of allylic oxidation sites excluding steroid dienone is 1. The molecule has 1 aliphatic heterocycles. The van der Waals surface area contributed by atoms with Crippen LogP contribution in [-0.4, -0.2) is 23.5 Å². The van der Waals surface area contributed by atoms with Gasteiger partial charge in [-0.25, -0.2) is 0 Å². The van der Waals surface area contributed by atoms with Crippen molar-refractivity contribution in [1.82, 2.24) is 4.98 Å². The number of nitrogens with zero attached hydrogens (tertiary/aromatic N) is 1. The van der Waals surface area contributed by atoms with E-state index in [1.807, 2.05) is 39.0 Å². The number of aliphatic imine (C=N–C) groups is 1. The largest absolute Gasteiger partial charge is 0.404 e. The van der Waals surface area contributed by atoms with Crippen LogP contribution in [-0.2, 0) is 4.74 Å². The number of nitrogens with one attached hydrogen (secondary N) is 1. The zero-order valence-electron chi connectivity index (χ0n) is 13.1. The van der Waals surface area contributed by atoms with E-state index in [1.54, 1.807) is 6.20 Å². The van der Waals surface area contributed by atoms with Gasteiger partial charge in [-0.1, -0.05) is 32.1 Å². The van der Waals surface area contributed by atoms with Gasteiger partial charge in [-0.3, -0.25) is 4.99 Å². The third kappa shape index (κ3) is 5.44. The fourth-order valence-electron chi connectivity index (χ4n) is 2.02. The molecule has 0 bridgehead atoms. The number of pyridine rings is 1. The number of ether oxygens (including phenoxy) is 1. The van der Waals surface area contributed by atoms with Crippen LogP contribution in [0.5, 0.6) is 0 Å². The minimum Gasteiger partial charge on any atom is -0.404 e. The van der Waals surface area contributed by atoms with Crippen molar-refractivity contribution in [2.75, 3.05) is 6.61 Å². The first-order chi connectivity index (χ1) is 10.2. The third-order valence-electron chi connectivity index (χ3n) is 3.08. The average Bonchev–Trinajstić information content (AvgIpc) is 2.55. The van der Waals surface area contributed by atoms with Crippen LogP contribution < -0.4 is 5.73 Å². The molecule has 1 fully saturated rings. The third-order valence-corrected chi connectivity index (χ3v) is 3.31. The summed E-state index contributed by atoms with van der Waals surface area (Å²) < 4.78 is 6.34. The van der Waals surface area contributed by atoms with Crippen molar-refractivity contribution >= 4 is 17.9 Å². The summed E-state index contributed by atoms with van der Waals surface area (Å²) in [7, 11) is 0. The standard InChI is InChI=1S/C14H19N3OS.C2H6/c1-10(9-15)14(11-5-4-7-13(19)16-11)17-12-6-2-3-8-18-12;1-2/h4-5,7,9,12H,2-3,6,8,15H2,1H3,(H,16,19);1-2H3/b10-9-,17-14-;. The molecule has 1 atom stereocenters. The highest BCUT2D eigenvalue weighted by Crippen LogP contribution is 2.16. The highest BCUT2D eigenvalue weighted by molar-refractivity contribution is 7.71. The van der Waals surface area contributed by atoms with E-state index in [9.17, 15) is 0 Å². The Morgan fingerprint density at radius 1 is 1.43 bits per heavy atom. The Labute approximate surface area is 132 Å². The number of hydrogen-bond acceptors (Lipinski definition) is 4. The Bertz CT molecular complexity index is 542. The number of nitrogens with two attached hydrogens (primary N) is 1. The molecular formula is C16H25N3OS. The fraction of sp³-hybridized carbons (Fsp3) is 0.500. The summed E-state index contributed by atoms with van der Waals surface area (Å²) >= 11 is 5.15.